The summed E-state index contributed by atoms with van der Waals surface area (Å²) in [5.41, 5.74) is 16.3. The second-order valence-electron chi connectivity index (χ2n) is 14.5. The quantitative estimate of drug-likeness (QED) is 0.124. The molecule has 0 N–H and O–H groups in total. The minimum absolute atomic E-state index is 0.990. The molecule has 0 unspecified atom stereocenters. The van der Waals surface area contributed by atoms with Crippen molar-refractivity contribution in [1.29, 1.82) is 0 Å². The van der Waals surface area contributed by atoms with Gasteiger partial charge >= 0.3 is 0 Å². The van der Waals surface area contributed by atoms with Crippen molar-refractivity contribution in [2.24, 2.45) is 0 Å². The predicted molar refractivity (Wildman–Crippen MR) is 218 cm³/mol. The lowest BCUT2D eigenvalue weighted by molar-refractivity contribution is 0.686. The van der Waals surface area contributed by atoms with Crippen molar-refractivity contribution in [2.75, 3.05) is 9.80 Å². The van der Waals surface area contributed by atoms with Gasteiger partial charge in [-0.1, -0.05) is 91.9 Å². The maximum atomic E-state index is 2.60. The summed E-state index contributed by atoms with van der Waals surface area (Å²) < 4.78 is 0. The van der Waals surface area contributed by atoms with Gasteiger partial charge in [0, 0.05) is 44.3 Å². The Morgan fingerprint density at radius 1 is 0.451 bits per heavy atom. The smallest absolute Gasteiger partial charge is 0.0620 e. The molecule has 252 valence electrons. The monoisotopic (exact) mass is 662 g/mol. The average Bonchev–Trinajstić information content (AvgIpc) is 3.19. The number of rotatable bonds is 7. The number of anilines is 6. The topological polar surface area (TPSA) is 6.48 Å². The molecule has 2 aliphatic rings. The summed E-state index contributed by atoms with van der Waals surface area (Å²) in [5, 5.41) is 5.14. The Morgan fingerprint density at radius 3 is 1.39 bits per heavy atom. The largest absolute Gasteiger partial charge is 0.309 e. The minimum atomic E-state index is 0.990. The van der Waals surface area contributed by atoms with Crippen LogP contribution in [-0.4, -0.2) is 0 Å². The van der Waals surface area contributed by atoms with Gasteiger partial charge in [0.2, 0.25) is 0 Å². The van der Waals surface area contributed by atoms with E-state index < -0.39 is 0 Å². The van der Waals surface area contributed by atoms with Crippen LogP contribution in [0.2, 0.25) is 0 Å². The van der Waals surface area contributed by atoms with Gasteiger partial charge in [0.05, 0.1) is 11.4 Å². The lowest BCUT2D eigenvalue weighted by Crippen LogP contribution is -2.18. The number of nitrogens with zero attached hydrogens (tertiary/aromatic N) is 2. The van der Waals surface area contributed by atoms with Crippen LogP contribution in [0.3, 0.4) is 0 Å². The summed E-state index contributed by atoms with van der Waals surface area (Å²) in [6.07, 6.45) is 10.5. The van der Waals surface area contributed by atoms with Crippen LogP contribution in [0, 0.1) is 6.92 Å². The molecule has 0 bridgehead atoms. The van der Waals surface area contributed by atoms with Gasteiger partial charge in [-0.15, -0.1) is 0 Å². The maximum Gasteiger partial charge on any atom is 0.0620 e. The molecule has 0 saturated carbocycles. The van der Waals surface area contributed by atoms with Crippen molar-refractivity contribution in [3.8, 4) is 0 Å². The van der Waals surface area contributed by atoms with E-state index in [1.165, 1.54) is 115 Å². The summed E-state index contributed by atoms with van der Waals surface area (Å²) in [6.45, 7) is 4.60. The van der Waals surface area contributed by atoms with Crippen LogP contribution in [0.4, 0.5) is 34.1 Å². The van der Waals surface area contributed by atoms with Crippen molar-refractivity contribution >= 4 is 55.7 Å². The van der Waals surface area contributed by atoms with Gasteiger partial charge in [0.25, 0.3) is 0 Å². The zero-order valence-corrected chi connectivity index (χ0v) is 30.0. The Labute approximate surface area is 303 Å². The van der Waals surface area contributed by atoms with Gasteiger partial charge in [-0.3, -0.25) is 0 Å². The van der Waals surface area contributed by atoms with Gasteiger partial charge < -0.3 is 9.80 Å². The first-order valence-electron chi connectivity index (χ1n) is 19.1. The molecule has 0 radical (unpaired) electrons. The molecule has 0 aromatic heterocycles. The molecular weight excluding hydrogens is 617 g/mol. The normalized spacial score (nSPS) is 13.9. The molecular formula is C49H46N2. The fourth-order valence-electron chi connectivity index (χ4n) is 9.07. The van der Waals surface area contributed by atoms with E-state index in [-0.39, 0.29) is 0 Å². The molecule has 7 aromatic carbocycles. The molecule has 2 nitrogen and oxygen atoms in total. The van der Waals surface area contributed by atoms with Crippen molar-refractivity contribution in [1.82, 2.24) is 0 Å². The summed E-state index contributed by atoms with van der Waals surface area (Å²) in [4.78, 5) is 5.20. The molecule has 2 heteroatoms. The third kappa shape index (κ3) is 5.49. The lowest BCUT2D eigenvalue weighted by Gasteiger charge is -2.35. The number of benzene rings is 7. The minimum Gasteiger partial charge on any atom is -0.309 e. The van der Waals surface area contributed by atoms with Crippen LogP contribution in [-0.2, 0) is 32.1 Å². The Balaban J connectivity index is 1.44. The van der Waals surface area contributed by atoms with Gasteiger partial charge in [0.1, 0.15) is 0 Å². The Morgan fingerprint density at radius 2 is 0.902 bits per heavy atom. The van der Waals surface area contributed by atoms with E-state index in [2.05, 4.69) is 157 Å². The lowest BCUT2D eigenvalue weighted by atomic mass is 9.87. The van der Waals surface area contributed by atoms with E-state index in [0.29, 0.717) is 0 Å². The standard InChI is InChI=1S/C49H46N2/c1-3-35-33-45-44(32-34(35)2)48(50(38-22-6-4-7-23-38)46-30-16-20-36-18-10-12-26-40(36)46)42-28-14-15-29-43(42)49(45)51(39-24-8-5-9-25-39)47-31-17-21-37-19-11-13-27-41(37)47/h4-9,14-17,20-25,28-33H,3,10-13,18-19,26-27H2,1-2H3. The highest BCUT2D eigenvalue weighted by molar-refractivity contribution is 6.23. The van der Waals surface area contributed by atoms with Crippen LogP contribution in [0.15, 0.2) is 133 Å². The third-order valence-electron chi connectivity index (χ3n) is 11.5. The highest BCUT2D eigenvalue weighted by Gasteiger charge is 2.29. The molecule has 0 saturated heterocycles. The number of aryl methyl sites for hydroxylation is 4. The van der Waals surface area contributed by atoms with Gasteiger partial charge in [-0.2, -0.15) is 0 Å². The molecule has 0 fully saturated rings. The third-order valence-corrected chi connectivity index (χ3v) is 11.5. The Kier molecular flexibility index (Phi) is 8.32. The summed E-state index contributed by atoms with van der Waals surface area (Å²) in [5.74, 6) is 0. The molecule has 9 rings (SSSR count). The molecule has 0 atom stereocenters. The zero-order chi connectivity index (χ0) is 34.3. The van der Waals surface area contributed by atoms with E-state index in [4.69, 9.17) is 0 Å². The fraction of sp³-hybridized carbons (Fsp3) is 0.224. The Bertz CT molecular complexity index is 2370. The SMILES string of the molecule is CCc1cc2c(N(c3ccccc3)c3cccc4c3CCCC4)c3ccccc3c(N(c3ccccc3)c3cccc4c3CCCC4)c2cc1C. The van der Waals surface area contributed by atoms with E-state index in [0.717, 1.165) is 32.1 Å². The van der Waals surface area contributed by atoms with Crippen molar-refractivity contribution < 1.29 is 0 Å². The average molecular weight is 663 g/mol. The molecule has 0 aliphatic heterocycles. The van der Waals surface area contributed by atoms with Crippen LogP contribution < -0.4 is 9.80 Å². The Hall–Kier alpha value is -5.34. The zero-order valence-electron chi connectivity index (χ0n) is 30.0. The second kappa shape index (κ2) is 13.4. The van der Waals surface area contributed by atoms with Crippen LogP contribution in [0.1, 0.15) is 66.0 Å². The maximum absolute atomic E-state index is 2.60. The van der Waals surface area contributed by atoms with E-state index in [1.807, 2.05) is 0 Å². The number of fused-ring (bicyclic) bond motifs is 4. The number of hydrogen-bond donors (Lipinski definition) is 0. The molecule has 0 amide bonds. The van der Waals surface area contributed by atoms with Crippen molar-refractivity contribution in [2.45, 2.75) is 71.6 Å². The van der Waals surface area contributed by atoms with Gasteiger partial charge in [-0.05, 0) is 147 Å². The van der Waals surface area contributed by atoms with E-state index in [9.17, 15) is 0 Å². The summed E-state index contributed by atoms with van der Waals surface area (Å²) >= 11 is 0. The van der Waals surface area contributed by atoms with E-state index in [1.54, 1.807) is 0 Å². The molecule has 0 heterocycles. The summed E-state index contributed by atoms with van der Waals surface area (Å²) in [7, 11) is 0. The first-order chi connectivity index (χ1) is 25.2. The highest BCUT2D eigenvalue weighted by atomic mass is 15.2. The van der Waals surface area contributed by atoms with Crippen LogP contribution in [0.25, 0.3) is 21.5 Å². The predicted octanol–water partition coefficient (Wildman–Crippen LogP) is 13.6. The van der Waals surface area contributed by atoms with Crippen molar-refractivity contribution in [3.63, 3.8) is 0 Å². The highest BCUT2D eigenvalue weighted by Crippen LogP contribution is 2.53. The molecule has 0 spiro atoms. The van der Waals surface area contributed by atoms with E-state index >= 15 is 0 Å². The van der Waals surface area contributed by atoms with Crippen molar-refractivity contribution in [3.05, 3.63) is 167 Å². The molecule has 7 aromatic rings. The second-order valence-corrected chi connectivity index (χ2v) is 14.5. The molecule has 2 aliphatic carbocycles. The fourth-order valence-corrected chi connectivity index (χ4v) is 9.07. The number of para-hydroxylation sites is 2. The summed E-state index contributed by atoms with van der Waals surface area (Å²) in [6, 6.07) is 50.4. The van der Waals surface area contributed by atoms with Gasteiger partial charge in [0.15, 0.2) is 0 Å². The first-order valence-corrected chi connectivity index (χ1v) is 19.1. The molecule has 51 heavy (non-hydrogen) atoms. The first kappa shape index (κ1) is 31.6. The van der Waals surface area contributed by atoms with Gasteiger partial charge in [-0.25, -0.2) is 0 Å². The van der Waals surface area contributed by atoms with Crippen LogP contribution >= 0.6 is 0 Å². The number of hydrogen-bond acceptors (Lipinski definition) is 2. The van der Waals surface area contributed by atoms with Crippen LogP contribution in [0.5, 0.6) is 0 Å².